The molecule has 0 spiro atoms. The number of benzene rings is 1. The molecule has 7 heteroatoms. The smallest absolute Gasteiger partial charge is 0.334 e. The van der Waals surface area contributed by atoms with Crippen molar-refractivity contribution in [2.24, 2.45) is 0 Å². The maximum atomic E-state index is 13.0. The topological polar surface area (TPSA) is 78.9 Å². The van der Waals surface area contributed by atoms with Gasteiger partial charge >= 0.3 is 12.0 Å². The van der Waals surface area contributed by atoms with Gasteiger partial charge in [-0.3, -0.25) is 0 Å². The normalized spacial score (nSPS) is 18.6. The lowest BCUT2D eigenvalue weighted by Gasteiger charge is -2.30. The third kappa shape index (κ3) is 3.67. The molecule has 0 radical (unpaired) electrons. The van der Waals surface area contributed by atoms with Crippen molar-refractivity contribution in [2.75, 3.05) is 19.7 Å². The molecule has 20 heavy (non-hydrogen) atoms. The Hall–Kier alpha value is -2.15. The van der Waals surface area contributed by atoms with Crippen LogP contribution in [0.15, 0.2) is 24.3 Å². The van der Waals surface area contributed by atoms with Crippen molar-refractivity contribution in [3.8, 4) is 0 Å². The fraction of sp³-hybridized carbons (Fsp3) is 0.385. The number of amides is 2. The van der Waals surface area contributed by atoms with Gasteiger partial charge in [0.05, 0.1) is 13.2 Å². The number of morpholine rings is 1. The Morgan fingerprint density at radius 1 is 1.50 bits per heavy atom. The minimum absolute atomic E-state index is 0.00428. The van der Waals surface area contributed by atoms with Crippen molar-refractivity contribution >= 4 is 12.0 Å². The average Bonchev–Trinajstić information content (AvgIpc) is 2.45. The molecule has 1 aliphatic heterocycles. The van der Waals surface area contributed by atoms with Crippen molar-refractivity contribution in [1.29, 1.82) is 0 Å². The molecule has 1 unspecified atom stereocenters. The standard InChI is InChI=1S/C13H15FN2O4/c14-10-3-1-2-9(6-10)7-15-13(19)16-4-5-20-11(8-16)12(17)18/h1-3,6,11H,4-5,7-8H2,(H,15,19)(H,17,18). The van der Waals surface area contributed by atoms with Gasteiger partial charge in [0.25, 0.3) is 0 Å². The number of nitrogens with one attached hydrogen (secondary N) is 1. The van der Waals surface area contributed by atoms with Gasteiger partial charge in [0.15, 0.2) is 6.10 Å². The maximum absolute atomic E-state index is 13.0. The number of hydrogen-bond donors (Lipinski definition) is 2. The lowest BCUT2D eigenvalue weighted by Crippen LogP contribution is -2.51. The highest BCUT2D eigenvalue weighted by Gasteiger charge is 2.28. The summed E-state index contributed by atoms with van der Waals surface area (Å²) in [6.07, 6.45) is -0.997. The molecule has 1 atom stereocenters. The Morgan fingerprint density at radius 2 is 2.30 bits per heavy atom. The Morgan fingerprint density at radius 3 is 3.00 bits per heavy atom. The van der Waals surface area contributed by atoms with Crippen LogP contribution >= 0.6 is 0 Å². The first-order valence-electron chi connectivity index (χ1n) is 6.18. The summed E-state index contributed by atoms with van der Waals surface area (Å²) in [5, 5.41) is 11.5. The van der Waals surface area contributed by atoms with E-state index >= 15 is 0 Å². The zero-order chi connectivity index (χ0) is 14.5. The van der Waals surface area contributed by atoms with Gasteiger partial charge in [-0.25, -0.2) is 14.0 Å². The molecule has 0 aromatic heterocycles. The lowest BCUT2D eigenvalue weighted by molar-refractivity contribution is -0.154. The molecular weight excluding hydrogens is 267 g/mol. The van der Waals surface area contributed by atoms with E-state index in [1.54, 1.807) is 12.1 Å². The van der Waals surface area contributed by atoms with Gasteiger partial charge in [0.1, 0.15) is 5.82 Å². The van der Waals surface area contributed by atoms with Crippen LogP contribution in [0.4, 0.5) is 9.18 Å². The van der Waals surface area contributed by atoms with Crippen LogP contribution in [0, 0.1) is 5.82 Å². The summed E-state index contributed by atoms with van der Waals surface area (Å²) in [6.45, 7) is 0.707. The molecule has 108 valence electrons. The highest BCUT2D eigenvalue weighted by Crippen LogP contribution is 2.07. The van der Waals surface area contributed by atoms with Crippen molar-refractivity contribution in [2.45, 2.75) is 12.6 Å². The number of carboxylic acids is 1. The van der Waals surface area contributed by atoms with Crippen LogP contribution in [0.25, 0.3) is 0 Å². The van der Waals surface area contributed by atoms with E-state index in [2.05, 4.69) is 5.32 Å². The third-order valence-electron chi connectivity index (χ3n) is 2.96. The molecule has 0 saturated carbocycles. The highest BCUT2D eigenvalue weighted by molar-refractivity contribution is 5.77. The summed E-state index contributed by atoms with van der Waals surface area (Å²) in [6, 6.07) is 5.53. The van der Waals surface area contributed by atoms with Crippen molar-refractivity contribution in [3.05, 3.63) is 35.6 Å². The fourth-order valence-corrected chi connectivity index (χ4v) is 1.92. The zero-order valence-electron chi connectivity index (χ0n) is 10.7. The van der Waals surface area contributed by atoms with Crippen molar-refractivity contribution in [1.82, 2.24) is 10.2 Å². The van der Waals surface area contributed by atoms with Gasteiger partial charge in [-0.05, 0) is 17.7 Å². The fourth-order valence-electron chi connectivity index (χ4n) is 1.92. The van der Waals surface area contributed by atoms with Crippen LogP contribution in [0.5, 0.6) is 0 Å². The van der Waals surface area contributed by atoms with E-state index in [9.17, 15) is 14.0 Å². The summed E-state index contributed by atoms with van der Waals surface area (Å²) in [5.41, 5.74) is 0.640. The average molecular weight is 282 g/mol. The number of carbonyl (C=O) groups excluding carboxylic acids is 1. The van der Waals surface area contributed by atoms with E-state index in [-0.39, 0.29) is 31.5 Å². The second kappa shape index (κ2) is 6.33. The summed E-state index contributed by atoms with van der Waals surface area (Å²) in [5.74, 6) is -1.46. The molecule has 1 aliphatic rings. The van der Waals surface area contributed by atoms with E-state index in [0.29, 0.717) is 12.1 Å². The first-order chi connectivity index (χ1) is 9.56. The molecule has 6 nitrogen and oxygen atoms in total. The lowest BCUT2D eigenvalue weighted by atomic mass is 10.2. The number of aliphatic carboxylic acids is 1. The molecular formula is C13H15FN2O4. The second-order valence-electron chi connectivity index (χ2n) is 4.43. The highest BCUT2D eigenvalue weighted by atomic mass is 19.1. The van der Waals surface area contributed by atoms with Crippen LogP contribution in [0.1, 0.15) is 5.56 Å². The zero-order valence-corrected chi connectivity index (χ0v) is 10.7. The Kier molecular flexibility index (Phi) is 4.52. The van der Waals surface area contributed by atoms with E-state index in [1.807, 2.05) is 0 Å². The summed E-state index contributed by atoms with van der Waals surface area (Å²) < 4.78 is 18.0. The Labute approximate surface area is 115 Å². The molecule has 0 bridgehead atoms. The molecule has 1 aromatic carbocycles. The van der Waals surface area contributed by atoms with E-state index in [0.717, 1.165) is 0 Å². The Balaban J connectivity index is 1.87. The van der Waals surface area contributed by atoms with E-state index in [1.165, 1.54) is 17.0 Å². The quantitative estimate of drug-likeness (QED) is 0.860. The molecule has 2 rings (SSSR count). The van der Waals surface area contributed by atoms with E-state index in [4.69, 9.17) is 9.84 Å². The van der Waals surface area contributed by atoms with Crippen LogP contribution in [0.3, 0.4) is 0 Å². The maximum Gasteiger partial charge on any atom is 0.334 e. The molecule has 1 fully saturated rings. The van der Waals surface area contributed by atoms with Crippen LogP contribution < -0.4 is 5.32 Å². The third-order valence-corrected chi connectivity index (χ3v) is 2.96. The van der Waals surface area contributed by atoms with Gasteiger partial charge in [0, 0.05) is 13.1 Å². The van der Waals surface area contributed by atoms with Gasteiger partial charge in [-0.2, -0.15) is 0 Å². The van der Waals surface area contributed by atoms with Gasteiger partial charge < -0.3 is 20.1 Å². The monoisotopic (exact) mass is 282 g/mol. The minimum atomic E-state index is -1.09. The largest absolute Gasteiger partial charge is 0.479 e. The minimum Gasteiger partial charge on any atom is -0.479 e. The summed E-state index contributed by atoms with van der Waals surface area (Å²) in [7, 11) is 0. The molecule has 1 heterocycles. The van der Waals surface area contributed by atoms with Gasteiger partial charge in [-0.1, -0.05) is 12.1 Å². The number of carboxylic acid groups (broad SMARTS) is 1. The Bertz CT molecular complexity index is 509. The number of halogens is 1. The first-order valence-corrected chi connectivity index (χ1v) is 6.18. The molecule has 1 saturated heterocycles. The molecule has 1 aromatic rings. The summed E-state index contributed by atoms with van der Waals surface area (Å²) >= 11 is 0. The van der Waals surface area contributed by atoms with E-state index < -0.39 is 12.1 Å². The predicted molar refractivity (Wildman–Crippen MR) is 67.6 cm³/mol. The number of urea groups is 1. The molecule has 2 N–H and O–H groups in total. The van der Waals surface area contributed by atoms with Crippen LogP contribution in [-0.4, -0.2) is 47.8 Å². The van der Waals surface area contributed by atoms with Crippen LogP contribution in [0.2, 0.25) is 0 Å². The summed E-state index contributed by atoms with van der Waals surface area (Å²) in [4.78, 5) is 24.1. The van der Waals surface area contributed by atoms with Crippen molar-refractivity contribution in [3.63, 3.8) is 0 Å². The first kappa shape index (κ1) is 14.3. The van der Waals surface area contributed by atoms with Crippen LogP contribution in [-0.2, 0) is 16.1 Å². The number of nitrogens with zero attached hydrogens (tertiary/aromatic N) is 1. The SMILES string of the molecule is O=C(O)C1CN(C(=O)NCc2cccc(F)c2)CCO1. The second-order valence-corrected chi connectivity index (χ2v) is 4.43. The predicted octanol–water partition coefficient (Wildman–Crippen LogP) is 0.821. The number of rotatable bonds is 3. The van der Waals surface area contributed by atoms with Crippen molar-refractivity contribution < 1.29 is 23.8 Å². The number of ether oxygens (including phenoxy) is 1. The molecule has 2 amide bonds. The number of hydrogen-bond acceptors (Lipinski definition) is 3. The molecule has 0 aliphatic carbocycles. The van der Waals surface area contributed by atoms with Gasteiger partial charge in [0.2, 0.25) is 0 Å². The number of carbonyl (C=O) groups is 2. The van der Waals surface area contributed by atoms with Gasteiger partial charge in [-0.15, -0.1) is 0 Å².